The lowest BCUT2D eigenvalue weighted by Gasteiger charge is -2.14. The summed E-state index contributed by atoms with van der Waals surface area (Å²) in [4.78, 5) is 16.6. The Morgan fingerprint density at radius 3 is 3.00 bits per heavy atom. The number of anilines is 1. The summed E-state index contributed by atoms with van der Waals surface area (Å²) in [5.74, 6) is 1.65. The van der Waals surface area contributed by atoms with Gasteiger partial charge in [0.15, 0.2) is 16.7 Å². The number of rotatable bonds is 5. The van der Waals surface area contributed by atoms with E-state index in [0.717, 1.165) is 5.16 Å². The zero-order valence-corrected chi connectivity index (χ0v) is 14.1. The summed E-state index contributed by atoms with van der Waals surface area (Å²) in [7, 11) is 0. The summed E-state index contributed by atoms with van der Waals surface area (Å²) in [6.45, 7) is 0.229. The molecule has 126 valence electrons. The molecule has 1 amide bonds. The number of carbonyl (C=O) groups is 1. The number of hydrogen-bond acceptors (Lipinski definition) is 5. The van der Waals surface area contributed by atoms with Gasteiger partial charge in [0.2, 0.25) is 12.7 Å². The molecule has 0 unspecified atom stereocenters. The van der Waals surface area contributed by atoms with Gasteiger partial charge in [-0.2, -0.15) is 0 Å². The largest absolute Gasteiger partial charge is 0.454 e. The van der Waals surface area contributed by atoms with Crippen molar-refractivity contribution in [1.29, 1.82) is 0 Å². The summed E-state index contributed by atoms with van der Waals surface area (Å²) in [6.07, 6.45) is 8.79. The lowest BCUT2D eigenvalue weighted by Crippen LogP contribution is -2.15. The van der Waals surface area contributed by atoms with Gasteiger partial charge >= 0.3 is 0 Å². The van der Waals surface area contributed by atoms with Crippen LogP contribution < -0.4 is 14.8 Å². The topological polar surface area (TPSA) is 65.4 Å². The van der Waals surface area contributed by atoms with Crippen molar-refractivity contribution < 1.29 is 14.3 Å². The molecule has 1 N–H and O–H groups in total. The van der Waals surface area contributed by atoms with E-state index < -0.39 is 0 Å². The maximum Gasteiger partial charge on any atom is 0.234 e. The first-order chi connectivity index (χ1) is 11.8. The Labute approximate surface area is 144 Å². The molecule has 6 nitrogen and oxygen atoms in total. The third-order valence-electron chi connectivity index (χ3n) is 4.34. The van der Waals surface area contributed by atoms with Gasteiger partial charge in [0.05, 0.1) is 5.75 Å². The first kappa shape index (κ1) is 15.4. The predicted molar refractivity (Wildman–Crippen MR) is 91.7 cm³/mol. The number of amides is 1. The minimum absolute atomic E-state index is 0.0557. The van der Waals surface area contributed by atoms with Gasteiger partial charge in [0.25, 0.3) is 0 Å². The molecule has 7 heteroatoms. The monoisotopic (exact) mass is 345 g/mol. The van der Waals surface area contributed by atoms with Gasteiger partial charge < -0.3 is 19.4 Å². The van der Waals surface area contributed by atoms with Gasteiger partial charge in [-0.3, -0.25) is 4.79 Å². The van der Waals surface area contributed by atoms with Crippen LogP contribution in [-0.4, -0.2) is 28.0 Å². The van der Waals surface area contributed by atoms with E-state index in [9.17, 15) is 4.79 Å². The van der Waals surface area contributed by atoms with E-state index in [0.29, 0.717) is 29.0 Å². The van der Waals surface area contributed by atoms with Crippen molar-refractivity contribution in [3.63, 3.8) is 0 Å². The van der Waals surface area contributed by atoms with E-state index in [1.807, 2.05) is 18.5 Å². The fourth-order valence-corrected chi connectivity index (χ4v) is 4.00. The van der Waals surface area contributed by atoms with Crippen molar-refractivity contribution >= 4 is 23.4 Å². The molecular formula is C17H19N3O3S. The number of hydrogen-bond donors (Lipinski definition) is 1. The standard InChI is InChI=1S/C17H19N3O3S/c21-16(19-12-5-6-14-15(9-12)23-11-22-14)10-24-17-18-7-8-20(17)13-3-1-2-4-13/h5-9,13H,1-4,10-11H2,(H,19,21). The van der Waals surface area contributed by atoms with E-state index in [4.69, 9.17) is 9.47 Å². The van der Waals surface area contributed by atoms with Crippen molar-refractivity contribution in [2.75, 3.05) is 17.9 Å². The number of ether oxygens (including phenoxy) is 2. The normalized spacial score (nSPS) is 16.5. The van der Waals surface area contributed by atoms with Gasteiger partial charge in [-0.15, -0.1) is 0 Å². The van der Waals surface area contributed by atoms with Gasteiger partial charge in [0.1, 0.15) is 0 Å². The number of fused-ring (bicyclic) bond motifs is 1. The molecule has 1 saturated carbocycles. The summed E-state index contributed by atoms with van der Waals surface area (Å²) >= 11 is 1.48. The molecule has 1 aliphatic carbocycles. The van der Waals surface area contributed by atoms with Crippen LogP contribution in [0.25, 0.3) is 0 Å². The van der Waals surface area contributed by atoms with Crippen LogP contribution >= 0.6 is 11.8 Å². The highest BCUT2D eigenvalue weighted by Crippen LogP contribution is 2.35. The first-order valence-corrected chi connectivity index (χ1v) is 9.13. The maximum atomic E-state index is 12.2. The second-order valence-corrected chi connectivity index (χ2v) is 6.90. The Bertz CT molecular complexity index is 740. The van der Waals surface area contributed by atoms with E-state index in [2.05, 4.69) is 14.9 Å². The fraction of sp³-hybridized carbons (Fsp3) is 0.412. The number of nitrogens with one attached hydrogen (secondary N) is 1. The molecule has 1 aromatic carbocycles. The highest BCUT2D eigenvalue weighted by atomic mass is 32.2. The zero-order chi connectivity index (χ0) is 16.4. The van der Waals surface area contributed by atoms with Crippen LogP contribution in [0.15, 0.2) is 35.7 Å². The highest BCUT2D eigenvalue weighted by molar-refractivity contribution is 7.99. The Hall–Kier alpha value is -2.15. The van der Waals surface area contributed by atoms with Crippen molar-refractivity contribution in [3.8, 4) is 11.5 Å². The van der Waals surface area contributed by atoms with Crippen molar-refractivity contribution in [2.45, 2.75) is 36.9 Å². The second kappa shape index (κ2) is 6.76. The Morgan fingerprint density at radius 1 is 1.29 bits per heavy atom. The molecule has 0 atom stereocenters. The van der Waals surface area contributed by atoms with E-state index in [-0.39, 0.29) is 12.7 Å². The summed E-state index contributed by atoms with van der Waals surface area (Å²) in [6, 6.07) is 5.93. The Morgan fingerprint density at radius 2 is 2.12 bits per heavy atom. The fourth-order valence-electron chi connectivity index (χ4n) is 3.17. The molecular weight excluding hydrogens is 326 g/mol. The molecule has 4 rings (SSSR count). The van der Waals surface area contributed by atoms with Crippen LogP contribution in [0, 0.1) is 0 Å². The average Bonchev–Trinajstić information content (AvgIpc) is 3.32. The lowest BCUT2D eigenvalue weighted by atomic mass is 10.2. The number of imidazole rings is 1. The molecule has 0 saturated heterocycles. The molecule has 0 bridgehead atoms. The number of benzene rings is 1. The van der Waals surface area contributed by atoms with Crippen LogP contribution in [0.3, 0.4) is 0 Å². The Kier molecular flexibility index (Phi) is 4.34. The summed E-state index contributed by atoms with van der Waals surface area (Å²) < 4.78 is 12.8. The molecule has 1 fully saturated rings. The minimum atomic E-state index is -0.0557. The van der Waals surface area contributed by atoms with Crippen LogP contribution in [0.2, 0.25) is 0 Å². The predicted octanol–water partition coefficient (Wildman–Crippen LogP) is 3.46. The third-order valence-corrected chi connectivity index (χ3v) is 5.32. The van der Waals surface area contributed by atoms with E-state index in [1.54, 1.807) is 12.1 Å². The number of aromatic nitrogens is 2. The SMILES string of the molecule is O=C(CSc1nccn1C1CCCC1)Nc1ccc2c(c1)OCO2. The molecule has 2 heterocycles. The quantitative estimate of drug-likeness (QED) is 0.841. The molecule has 1 aromatic heterocycles. The average molecular weight is 345 g/mol. The molecule has 1 aliphatic heterocycles. The highest BCUT2D eigenvalue weighted by Gasteiger charge is 2.20. The van der Waals surface area contributed by atoms with Crippen LogP contribution in [0.4, 0.5) is 5.69 Å². The van der Waals surface area contributed by atoms with Crippen molar-refractivity contribution in [2.24, 2.45) is 0 Å². The number of carbonyl (C=O) groups excluding carboxylic acids is 1. The van der Waals surface area contributed by atoms with E-state index >= 15 is 0 Å². The number of thioether (sulfide) groups is 1. The molecule has 2 aromatic rings. The van der Waals surface area contributed by atoms with E-state index in [1.165, 1.54) is 37.4 Å². The molecule has 0 radical (unpaired) electrons. The summed E-state index contributed by atoms with van der Waals surface area (Å²) in [5, 5.41) is 3.81. The zero-order valence-electron chi connectivity index (χ0n) is 13.2. The van der Waals surface area contributed by atoms with Crippen molar-refractivity contribution in [3.05, 3.63) is 30.6 Å². The van der Waals surface area contributed by atoms with Gasteiger partial charge in [0, 0.05) is 30.2 Å². The van der Waals surface area contributed by atoms with Crippen LogP contribution in [0.5, 0.6) is 11.5 Å². The van der Waals surface area contributed by atoms with Crippen LogP contribution in [-0.2, 0) is 4.79 Å². The van der Waals surface area contributed by atoms with Gasteiger partial charge in [-0.05, 0) is 25.0 Å². The molecule has 24 heavy (non-hydrogen) atoms. The van der Waals surface area contributed by atoms with Gasteiger partial charge in [-0.1, -0.05) is 24.6 Å². The van der Waals surface area contributed by atoms with Crippen LogP contribution in [0.1, 0.15) is 31.7 Å². The lowest BCUT2D eigenvalue weighted by molar-refractivity contribution is -0.113. The third kappa shape index (κ3) is 3.21. The summed E-state index contributed by atoms with van der Waals surface area (Å²) in [5.41, 5.74) is 0.712. The molecule has 0 spiro atoms. The number of nitrogens with zero attached hydrogens (tertiary/aromatic N) is 2. The van der Waals surface area contributed by atoms with Gasteiger partial charge in [-0.25, -0.2) is 4.98 Å². The smallest absolute Gasteiger partial charge is 0.234 e. The maximum absolute atomic E-state index is 12.2. The molecule has 2 aliphatic rings. The Balaban J connectivity index is 1.34. The van der Waals surface area contributed by atoms with Crippen molar-refractivity contribution in [1.82, 2.24) is 9.55 Å². The first-order valence-electron chi connectivity index (χ1n) is 8.15. The minimum Gasteiger partial charge on any atom is -0.454 e. The second-order valence-electron chi connectivity index (χ2n) is 5.96.